The lowest BCUT2D eigenvalue weighted by molar-refractivity contribution is 0.378. The first-order valence-electron chi connectivity index (χ1n) is 1.88. The minimum Gasteiger partial charge on any atom is -0.237 e. The molecule has 8 heavy (non-hydrogen) atoms. The highest BCUT2D eigenvalue weighted by atomic mass is 31.1. The van der Waals surface area contributed by atoms with Crippen LogP contribution in [-0.4, -0.2) is 4.89 Å². The van der Waals surface area contributed by atoms with Crippen LogP contribution in [0.3, 0.4) is 0 Å². The van der Waals surface area contributed by atoms with Crippen molar-refractivity contribution in [2.75, 3.05) is 0 Å². The molecule has 0 aliphatic carbocycles. The van der Waals surface area contributed by atoms with Crippen LogP contribution in [0.15, 0.2) is 25.0 Å². The predicted octanol–water partition coefficient (Wildman–Crippen LogP) is 1.35. The molecular weight excluding hydrogens is 127 g/mol. The summed E-state index contributed by atoms with van der Waals surface area (Å²) in [7, 11) is -2.50. The molecule has 0 heterocycles. The molecule has 0 amide bonds. The largest absolute Gasteiger partial charge is 0.746 e. The minimum atomic E-state index is -2.50. The second-order valence-electron chi connectivity index (χ2n) is 0.907. The van der Waals surface area contributed by atoms with E-state index in [0.717, 1.165) is 6.26 Å². The van der Waals surface area contributed by atoms with E-state index >= 15 is 0 Å². The Bertz CT molecular complexity index is 118. The van der Waals surface area contributed by atoms with E-state index in [1.807, 2.05) is 0 Å². The van der Waals surface area contributed by atoms with Crippen LogP contribution in [0.4, 0.5) is 0 Å². The number of hydrogen-bond acceptors (Lipinski definition) is 2. The van der Waals surface area contributed by atoms with Gasteiger partial charge in [-0.15, -0.1) is 4.89 Å². The molecular formula is C4H6O3P+. The summed E-state index contributed by atoms with van der Waals surface area (Å²) in [6.07, 6.45) is 3.97. The molecule has 1 atom stereocenters. The highest BCUT2D eigenvalue weighted by molar-refractivity contribution is 7.32. The van der Waals surface area contributed by atoms with Gasteiger partial charge in [0.05, 0.1) is 0 Å². The second kappa shape index (κ2) is 4.50. The van der Waals surface area contributed by atoms with E-state index in [1.54, 1.807) is 0 Å². The van der Waals surface area contributed by atoms with Crippen molar-refractivity contribution >= 4 is 8.25 Å². The van der Waals surface area contributed by atoms with Crippen molar-refractivity contribution in [3.05, 3.63) is 25.0 Å². The average Bonchev–Trinajstić information content (AvgIpc) is 1.66. The van der Waals surface area contributed by atoms with Crippen LogP contribution in [0.25, 0.3) is 0 Å². The molecule has 3 nitrogen and oxygen atoms in total. The van der Waals surface area contributed by atoms with Gasteiger partial charge in [0, 0.05) is 4.57 Å². The summed E-state index contributed by atoms with van der Waals surface area (Å²) in [5.74, 6) is 0. The first-order valence-corrected chi connectivity index (χ1v) is 3.01. The van der Waals surface area contributed by atoms with Gasteiger partial charge in [-0.25, -0.2) is 4.52 Å². The summed E-state index contributed by atoms with van der Waals surface area (Å²) < 4.78 is 13.8. The van der Waals surface area contributed by atoms with Gasteiger partial charge in [0.15, 0.2) is 6.26 Å². The van der Waals surface area contributed by atoms with E-state index in [-0.39, 0.29) is 0 Å². The fraction of sp³-hybridized carbons (Fsp3) is 0. The molecule has 0 aliphatic rings. The van der Waals surface area contributed by atoms with E-state index in [9.17, 15) is 4.57 Å². The van der Waals surface area contributed by atoms with Crippen LogP contribution in [0.5, 0.6) is 0 Å². The molecule has 1 unspecified atom stereocenters. The molecule has 4 heteroatoms. The molecule has 0 saturated carbocycles. The molecule has 0 bridgehead atoms. The van der Waals surface area contributed by atoms with Crippen molar-refractivity contribution in [3.63, 3.8) is 0 Å². The maximum atomic E-state index is 9.71. The van der Waals surface area contributed by atoms with Gasteiger partial charge in [0.2, 0.25) is 0 Å². The van der Waals surface area contributed by atoms with Gasteiger partial charge in [-0.1, -0.05) is 12.7 Å². The SMILES string of the molecule is C=CC=CO[P+](=O)O. The molecule has 0 spiro atoms. The molecule has 1 N–H and O–H groups in total. The molecule has 0 radical (unpaired) electrons. The summed E-state index contributed by atoms with van der Waals surface area (Å²) in [5.41, 5.74) is 0. The Labute approximate surface area is 48.2 Å². The van der Waals surface area contributed by atoms with Crippen molar-refractivity contribution in [1.82, 2.24) is 0 Å². The zero-order chi connectivity index (χ0) is 6.41. The van der Waals surface area contributed by atoms with Gasteiger partial charge < -0.3 is 0 Å². The van der Waals surface area contributed by atoms with Crippen LogP contribution in [0, 0.1) is 0 Å². The van der Waals surface area contributed by atoms with Crippen molar-refractivity contribution in [3.8, 4) is 0 Å². The number of rotatable bonds is 3. The van der Waals surface area contributed by atoms with Gasteiger partial charge in [0.1, 0.15) is 0 Å². The Kier molecular flexibility index (Phi) is 4.13. The number of allylic oxidation sites excluding steroid dienone is 2. The standard InChI is InChI=1S/C4H5O3P/c1-2-3-4-7-8(5)6/h2-4H,1H2/p+1. The summed E-state index contributed by atoms with van der Waals surface area (Å²) >= 11 is 0. The molecule has 0 fully saturated rings. The van der Waals surface area contributed by atoms with Gasteiger partial charge >= 0.3 is 8.25 Å². The van der Waals surface area contributed by atoms with E-state index < -0.39 is 8.25 Å². The third kappa shape index (κ3) is 5.34. The van der Waals surface area contributed by atoms with Gasteiger partial charge in [-0.05, 0) is 6.08 Å². The Morgan fingerprint density at radius 2 is 2.38 bits per heavy atom. The third-order valence-corrected chi connectivity index (χ3v) is 0.668. The minimum absolute atomic E-state index is 1.10. The predicted molar refractivity (Wildman–Crippen MR) is 30.2 cm³/mol. The van der Waals surface area contributed by atoms with E-state index in [1.165, 1.54) is 12.2 Å². The maximum Gasteiger partial charge on any atom is 0.746 e. The lowest BCUT2D eigenvalue weighted by atomic mass is 10.6. The first kappa shape index (κ1) is 7.34. The van der Waals surface area contributed by atoms with Crippen molar-refractivity contribution in [1.29, 1.82) is 0 Å². The average molecular weight is 133 g/mol. The van der Waals surface area contributed by atoms with Crippen LogP contribution in [-0.2, 0) is 9.09 Å². The number of hydrogen-bond donors (Lipinski definition) is 1. The Morgan fingerprint density at radius 3 is 2.75 bits per heavy atom. The molecule has 0 saturated heterocycles. The molecule has 0 aromatic heterocycles. The monoisotopic (exact) mass is 133 g/mol. The summed E-state index contributed by atoms with van der Waals surface area (Å²) in [4.78, 5) is 7.98. The first-order chi connectivity index (χ1) is 3.77. The summed E-state index contributed by atoms with van der Waals surface area (Å²) in [6.45, 7) is 3.31. The van der Waals surface area contributed by atoms with Crippen LogP contribution < -0.4 is 0 Å². The normalized spacial score (nSPS) is 11.4. The summed E-state index contributed by atoms with van der Waals surface area (Å²) in [6, 6.07) is 0. The zero-order valence-electron chi connectivity index (χ0n) is 4.15. The summed E-state index contributed by atoms with van der Waals surface area (Å²) in [5, 5.41) is 0. The highest BCUT2D eigenvalue weighted by Crippen LogP contribution is 2.13. The van der Waals surface area contributed by atoms with Crippen molar-refractivity contribution < 1.29 is 14.0 Å². The van der Waals surface area contributed by atoms with Gasteiger partial charge in [-0.2, -0.15) is 0 Å². The fourth-order valence-electron chi connectivity index (χ4n) is 0.143. The molecule has 0 rings (SSSR count). The third-order valence-electron chi connectivity index (χ3n) is 0.366. The smallest absolute Gasteiger partial charge is 0.237 e. The Hall–Kier alpha value is -0.660. The lowest BCUT2D eigenvalue weighted by Crippen LogP contribution is -1.59. The zero-order valence-corrected chi connectivity index (χ0v) is 5.04. The Balaban J connectivity index is 3.29. The van der Waals surface area contributed by atoms with Crippen molar-refractivity contribution in [2.45, 2.75) is 0 Å². The van der Waals surface area contributed by atoms with Gasteiger partial charge in [-0.3, -0.25) is 0 Å². The highest BCUT2D eigenvalue weighted by Gasteiger charge is 2.06. The van der Waals surface area contributed by atoms with Crippen molar-refractivity contribution in [2.24, 2.45) is 0 Å². The van der Waals surface area contributed by atoms with Gasteiger partial charge in [0.25, 0.3) is 0 Å². The fourth-order valence-corrected chi connectivity index (χ4v) is 0.317. The molecule has 44 valence electrons. The van der Waals surface area contributed by atoms with E-state index in [0.29, 0.717) is 0 Å². The lowest BCUT2D eigenvalue weighted by Gasteiger charge is -1.68. The van der Waals surface area contributed by atoms with Crippen LogP contribution in [0.2, 0.25) is 0 Å². The Morgan fingerprint density at radius 1 is 1.75 bits per heavy atom. The quantitative estimate of drug-likeness (QED) is 0.359. The maximum absolute atomic E-state index is 9.71. The topological polar surface area (TPSA) is 46.5 Å². The van der Waals surface area contributed by atoms with Crippen LogP contribution >= 0.6 is 8.25 Å². The molecule has 0 aromatic carbocycles. The van der Waals surface area contributed by atoms with E-state index in [2.05, 4.69) is 11.1 Å². The molecule has 0 aliphatic heterocycles. The molecule has 0 aromatic rings. The second-order valence-corrected chi connectivity index (χ2v) is 1.59. The van der Waals surface area contributed by atoms with Crippen LogP contribution in [0.1, 0.15) is 0 Å². The van der Waals surface area contributed by atoms with E-state index in [4.69, 9.17) is 4.89 Å².